The van der Waals surface area contributed by atoms with Crippen LogP contribution in [0.25, 0.3) is 11.3 Å². The molecule has 0 saturated carbocycles. The average molecular weight is 320 g/mol. The van der Waals surface area contributed by atoms with Crippen molar-refractivity contribution in [3.05, 3.63) is 78.3 Å². The minimum absolute atomic E-state index is 0.0940. The Kier molecular flexibility index (Phi) is 5.06. The molecular weight excluding hydrogens is 300 g/mol. The molecule has 0 N–H and O–H groups in total. The molecule has 2 heterocycles. The first kappa shape index (κ1) is 16.0. The van der Waals surface area contributed by atoms with E-state index >= 15 is 0 Å². The van der Waals surface area contributed by atoms with E-state index in [4.69, 9.17) is 4.42 Å². The van der Waals surface area contributed by atoms with Crippen molar-refractivity contribution in [2.24, 2.45) is 0 Å². The van der Waals surface area contributed by atoms with E-state index < -0.39 is 0 Å². The fourth-order valence-corrected chi connectivity index (χ4v) is 2.54. The lowest BCUT2D eigenvalue weighted by Gasteiger charge is -2.16. The number of amides is 1. The molecule has 1 aromatic carbocycles. The molecule has 0 aliphatic carbocycles. The minimum atomic E-state index is 0.0940. The maximum absolute atomic E-state index is 12.3. The summed E-state index contributed by atoms with van der Waals surface area (Å²) in [7, 11) is 1.81. The van der Waals surface area contributed by atoms with Crippen LogP contribution < -0.4 is 0 Å². The Hall–Kier alpha value is -2.88. The number of aryl methyl sites for hydroxylation is 1. The Morgan fingerprint density at radius 1 is 1.08 bits per heavy atom. The van der Waals surface area contributed by atoms with Gasteiger partial charge in [0.15, 0.2) is 0 Å². The lowest BCUT2D eigenvalue weighted by molar-refractivity contribution is -0.130. The molecule has 4 heteroatoms. The number of nitrogens with zero attached hydrogens (tertiary/aromatic N) is 2. The largest absolute Gasteiger partial charge is 0.461 e. The zero-order valence-electron chi connectivity index (χ0n) is 13.7. The van der Waals surface area contributed by atoms with Crippen LogP contribution in [-0.4, -0.2) is 22.8 Å². The van der Waals surface area contributed by atoms with Crippen molar-refractivity contribution < 1.29 is 9.21 Å². The number of pyridine rings is 1. The SMILES string of the molecule is CN(Cc1cccnc1)C(=O)CCc1ccc(-c2ccccc2)o1. The standard InChI is InChI=1S/C20H20N2O2/c1-22(15-16-6-5-13-21-14-16)20(23)12-10-18-9-11-19(24-18)17-7-3-2-4-8-17/h2-9,11,13-14H,10,12,15H2,1H3. The molecule has 0 spiro atoms. The van der Waals surface area contributed by atoms with Crippen molar-refractivity contribution in [1.82, 2.24) is 9.88 Å². The monoisotopic (exact) mass is 320 g/mol. The molecule has 0 aliphatic rings. The topological polar surface area (TPSA) is 46.3 Å². The van der Waals surface area contributed by atoms with Gasteiger partial charge in [-0.1, -0.05) is 36.4 Å². The van der Waals surface area contributed by atoms with Gasteiger partial charge in [0.2, 0.25) is 5.91 Å². The second-order valence-electron chi connectivity index (χ2n) is 5.74. The van der Waals surface area contributed by atoms with E-state index in [1.54, 1.807) is 17.3 Å². The van der Waals surface area contributed by atoms with Gasteiger partial charge in [-0.05, 0) is 23.8 Å². The fraction of sp³-hybridized carbons (Fsp3) is 0.200. The number of rotatable bonds is 6. The normalized spacial score (nSPS) is 10.5. The molecule has 3 rings (SSSR count). The predicted molar refractivity (Wildman–Crippen MR) is 93.2 cm³/mol. The summed E-state index contributed by atoms with van der Waals surface area (Å²) in [6.07, 6.45) is 4.54. The zero-order chi connectivity index (χ0) is 16.8. The Morgan fingerprint density at radius 3 is 2.67 bits per heavy atom. The second kappa shape index (κ2) is 7.59. The highest BCUT2D eigenvalue weighted by molar-refractivity contribution is 5.76. The Bertz CT molecular complexity index is 782. The Morgan fingerprint density at radius 2 is 1.92 bits per heavy atom. The molecule has 0 atom stereocenters. The predicted octanol–water partition coefficient (Wildman–Crippen LogP) is 3.93. The first-order valence-corrected chi connectivity index (χ1v) is 7.99. The highest BCUT2D eigenvalue weighted by Gasteiger charge is 2.11. The molecule has 3 aromatic rings. The highest BCUT2D eigenvalue weighted by Crippen LogP contribution is 2.22. The molecule has 0 saturated heterocycles. The third-order valence-corrected chi connectivity index (χ3v) is 3.87. The lowest BCUT2D eigenvalue weighted by Crippen LogP contribution is -2.26. The van der Waals surface area contributed by atoms with Gasteiger partial charge in [0.05, 0.1) is 0 Å². The van der Waals surface area contributed by atoms with Crippen LogP contribution in [0.1, 0.15) is 17.7 Å². The van der Waals surface area contributed by atoms with E-state index in [0.29, 0.717) is 19.4 Å². The van der Waals surface area contributed by atoms with E-state index in [0.717, 1.165) is 22.6 Å². The molecule has 0 aliphatic heterocycles. The van der Waals surface area contributed by atoms with Gasteiger partial charge in [-0.3, -0.25) is 9.78 Å². The van der Waals surface area contributed by atoms with Gasteiger partial charge >= 0.3 is 0 Å². The number of hydrogen-bond donors (Lipinski definition) is 0. The van der Waals surface area contributed by atoms with Crippen LogP contribution in [0.5, 0.6) is 0 Å². The van der Waals surface area contributed by atoms with Gasteiger partial charge in [-0.15, -0.1) is 0 Å². The number of aromatic nitrogens is 1. The van der Waals surface area contributed by atoms with Crippen LogP contribution in [0, 0.1) is 0 Å². The van der Waals surface area contributed by atoms with Gasteiger partial charge < -0.3 is 9.32 Å². The summed E-state index contributed by atoms with van der Waals surface area (Å²) >= 11 is 0. The summed E-state index contributed by atoms with van der Waals surface area (Å²) in [6.45, 7) is 0.570. The van der Waals surface area contributed by atoms with E-state index in [1.165, 1.54) is 0 Å². The second-order valence-corrected chi connectivity index (χ2v) is 5.74. The van der Waals surface area contributed by atoms with E-state index in [-0.39, 0.29) is 5.91 Å². The van der Waals surface area contributed by atoms with Gasteiger partial charge in [-0.25, -0.2) is 0 Å². The van der Waals surface area contributed by atoms with Gasteiger partial charge in [-0.2, -0.15) is 0 Å². The van der Waals surface area contributed by atoms with E-state index in [2.05, 4.69) is 4.98 Å². The summed E-state index contributed by atoms with van der Waals surface area (Å²) < 4.78 is 5.84. The van der Waals surface area contributed by atoms with Crippen LogP contribution >= 0.6 is 0 Å². The fourth-order valence-electron chi connectivity index (χ4n) is 2.54. The van der Waals surface area contributed by atoms with Crippen molar-refractivity contribution in [2.75, 3.05) is 7.05 Å². The lowest BCUT2D eigenvalue weighted by atomic mass is 10.2. The third-order valence-electron chi connectivity index (χ3n) is 3.87. The van der Waals surface area contributed by atoms with Crippen LogP contribution in [0.3, 0.4) is 0 Å². The molecule has 0 unspecified atom stereocenters. The van der Waals surface area contributed by atoms with Crippen molar-refractivity contribution in [3.8, 4) is 11.3 Å². The molecule has 24 heavy (non-hydrogen) atoms. The third kappa shape index (κ3) is 4.10. The molecule has 0 bridgehead atoms. The number of carbonyl (C=O) groups excluding carboxylic acids is 1. The van der Waals surface area contributed by atoms with Crippen LogP contribution in [0.15, 0.2) is 71.4 Å². The zero-order valence-corrected chi connectivity index (χ0v) is 13.7. The summed E-state index contributed by atoms with van der Waals surface area (Å²) in [5.41, 5.74) is 2.07. The molecular formula is C20H20N2O2. The number of benzene rings is 1. The van der Waals surface area contributed by atoms with Gasteiger partial charge in [0.25, 0.3) is 0 Å². The Balaban J connectivity index is 1.54. The summed E-state index contributed by atoms with van der Waals surface area (Å²) in [6, 6.07) is 17.7. The molecule has 0 fully saturated rings. The van der Waals surface area contributed by atoms with Crippen LogP contribution in [0.4, 0.5) is 0 Å². The van der Waals surface area contributed by atoms with Crippen LogP contribution in [0.2, 0.25) is 0 Å². The number of furan rings is 1. The molecule has 2 aromatic heterocycles. The summed E-state index contributed by atoms with van der Waals surface area (Å²) in [4.78, 5) is 18.1. The quantitative estimate of drug-likeness (QED) is 0.691. The first-order valence-electron chi connectivity index (χ1n) is 7.99. The average Bonchev–Trinajstić information content (AvgIpc) is 3.10. The summed E-state index contributed by atoms with van der Waals surface area (Å²) in [5.74, 6) is 1.76. The van der Waals surface area contributed by atoms with Gasteiger partial charge in [0, 0.05) is 44.4 Å². The van der Waals surface area contributed by atoms with Crippen molar-refractivity contribution in [2.45, 2.75) is 19.4 Å². The molecule has 122 valence electrons. The van der Waals surface area contributed by atoms with Gasteiger partial charge in [0.1, 0.15) is 11.5 Å². The Labute approximate surface area is 141 Å². The first-order chi connectivity index (χ1) is 11.7. The highest BCUT2D eigenvalue weighted by atomic mass is 16.3. The smallest absolute Gasteiger partial charge is 0.223 e. The van der Waals surface area contributed by atoms with Crippen molar-refractivity contribution in [3.63, 3.8) is 0 Å². The number of hydrogen-bond acceptors (Lipinski definition) is 3. The minimum Gasteiger partial charge on any atom is -0.461 e. The van der Waals surface area contributed by atoms with Crippen molar-refractivity contribution >= 4 is 5.91 Å². The molecule has 0 radical (unpaired) electrons. The van der Waals surface area contributed by atoms with E-state index in [9.17, 15) is 4.79 Å². The maximum Gasteiger partial charge on any atom is 0.223 e. The van der Waals surface area contributed by atoms with Crippen molar-refractivity contribution in [1.29, 1.82) is 0 Å². The molecule has 4 nitrogen and oxygen atoms in total. The number of carbonyl (C=O) groups is 1. The van der Waals surface area contributed by atoms with Crippen LogP contribution in [-0.2, 0) is 17.8 Å². The van der Waals surface area contributed by atoms with E-state index in [1.807, 2.05) is 61.6 Å². The molecule has 1 amide bonds. The summed E-state index contributed by atoms with van der Waals surface area (Å²) in [5, 5.41) is 0. The maximum atomic E-state index is 12.3.